The Labute approximate surface area is 368 Å². The summed E-state index contributed by atoms with van der Waals surface area (Å²) in [6.07, 6.45) is 0. The summed E-state index contributed by atoms with van der Waals surface area (Å²) >= 11 is 0. The number of hydrogen-bond acceptors (Lipinski definition) is 0. The molecule has 0 atom stereocenters. The van der Waals surface area contributed by atoms with Crippen molar-refractivity contribution in [3.05, 3.63) is 255 Å². The van der Waals surface area contributed by atoms with Crippen LogP contribution in [-0.4, -0.2) is 17.2 Å². The topological polar surface area (TPSA) is 9.86 Å². The summed E-state index contributed by atoms with van der Waals surface area (Å²) in [6, 6.07) is 94.2. The van der Waals surface area contributed by atoms with Crippen molar-refractivity contribution < 1.29 is 0 Å². The third-order valence-electron chi connectivity index (χ3n) is 13.1. The van der Waals surface area contributed by atoms with Crippen LogP contribution in [-0.2, 0) is 0 Å². The van der Waals surface area contributed by atoms with E-state index in [0.29, 0.717) is 0 Å². The lowest BCUT2D eigenvalue weighted by Gasteiger charge is -2.35. The molecule has 0 unspecified atom stereocenters. The van der Waals surface area contributed by atoms with Gasteiger partial charge < -0.3 is 9.13 Å². The van der Waals surface area contributed by atoms with Gasteiger partial charge in [0.1, 0.15) is 0 Å². The van der Waals surface area contributed by atoms with E-state index < -0.39 is 8.07 Å². The van der Waals surface area contributed by atoms with Crippen LogP contribution in [0.1, 0.15) is 0 Å². The van der Waals surface area contributed by atoms with E-state index in [1.807, 2.05) is 0 Å². The highest BCUT2D eigenvalue weighted by Gasteiger charge is 2.43. The molecule has 0 amide bonds. The molecular formula is C60H42N2Si. The standard InChI is InChI=1S/C60H42N2Si/c1-6-22-43(23-7-1)49-41-40-45(42-52(49)44-24-8-2-9-25-44)61-53-34-18-16-32-50(53)59-55(61)36-20-37-56(59)62-54-35-19-17-33-51(54)60-57(62)38-21-39-58(60)63(46-26-10-3-11-27-46,47-28-12-4-13-29-47)48-30-14-5-15-31-48/h1-42H. The fraction of sp³-hybridized carbons (Fsp3) is 0. The SMILES string of the molecule is c1ccc(-c2ccc(-n3c4ccccc4c4c(-n5c6ccccc6c6c([Si](c7ccccc7)(c7ccccc7)c7ccccc7)cccc65)cccc43)cc2-c2ccccc2)cc1. The van der Waals surface area contributed by atoms with Crippen molar-refractivity contribution in [1.82, 2.24) is 9.13 Å². The molecule has 2 nitrogen and oxygen atoms in total. The number of fused-ring (bicyclic) bond motifs is 6. The highest BCUT2D eigenvalue weighted by Crippen LogP contribution is 2.41. The van der Waals surface area contributed by atoms with Gasteiger partial charge in [0.15, 0.2) is 8.07 Å². The zero-order valence-corrected chi connectivity index (χ0v) is 35.6. The van der Waals surface area contributed by atoms with Crippen LogP contribution < -0.4 is 20.7 Å². The molecule has 0 saturated carbocycles. The molecule has 0 bridgehead atoms. The van der Waals surface area contributed by atoms with E-state index in [1.54, 1.807) is 0 Å². The normalized spacial score (nSPS) is 11.8. The number of hydrogen-bond donors (Lipinski definition) is 0. The van der Waals surface area contributed by atoms with Crippen molar-refractivity contribution >= 4 is 72.4 Å². The van der Waals surface area contributed by atoms with E-state index in [0.717, 1.165) is 5.69 Å². The van der Waals surface area contributed by atoms with Gasteiger partial charge in [0.25, 0.3) is 0 Å². The van der Waals surface area contributed by atoms with Crippen LogP contribution in [0, 0.1) is 0 Å². The van der Waals surface area contributed by atoms with Gasteiger partial charge in [-0.25, -0.2) is 0 Å². The van der Waals surface area contributed by atoms with Crippen molar-refractivity contribution in [3.8, 4) is 33.6 Å². The summed E-state index contributed by atoms with van der Waals surface area (Å²) in [5, 5.41) is 10.5. The van der Waals surface area contributed by atoms with Gasteiger partial charge >= 0.3 is 0 Å². The summed E-state index contributed by atoms with van der Waals surface area (Å²) in [5.74, 6) is 0. The maximum Gasteiger partial charge on any atom is 0.180 e. The molecule has 296 valence electrons. The summed E-state index contributed by atoms with van der Waals surface area (Å²) in [4.78, 5) is 0. The second kappa shape index (κ2) is 15.2. The largest absolute Gasteiger partial charge is 0.309 e. The van der Waals surface area contributed by atoms with Crippen LogP contribution in [0.4, 0.5) is 0 Å². The van der Waals surface area contributed by atoms with E-state index in [4.69, 9.17) is 0 Å². The molecule has 0 fully saturated rings. The maximum atomic E-state index is 2.54. The fourth-order valence-corrected chi connectivity index (χ4v) is 15.5. The molecule has 0 aliphatic carbocycles. The van der Waals surface area contributed by atoms with Crippen LogP contribution in [0.15, 0.2) is 255 Å². The Morgan fingerprint density at radius 1 is 0.286 bits per heavy atom. The number of rotatable bonds is 8. The lowest BCUT2D eigenvalue weighted by molar-refractivity contribution is 1.17. The smallest absolute Gasteiger partial charge is 0.180 e. The Kier molecular flexibility index (Phi) is 8.87. The van der Waals surface area contributed by atoms with Gasteiger partial charge in [0.2, 0.25) is 0 Å². The van der Waals surface area contributed by atoms with Crippen LogP contribution in [0.25, 0.3) is 77.2 Å². The Hall–Kier alpha value is -7.98. The molecule has 12 aromatic rings. The van der Waals surface area contributed by atoms with Crippen LogP contribution in [0.3, 0.4) is 0 Å². The van der Waals surface area contributed by atoms with Crippen molar-refractivity contribution in [2.75, 3.05) is 0 Å². The first-order valence-electron chi connectivity index (χ1n) is 21.8. The number of benzene rings is 10. The maximum absolute atomic E-state index is 2.89. The predicted molar refractivity (Wildman–Crippen MR) is 270 cm³/mol. The molecule has 2 aromatic heterocycles. The highest BCUT2D eigenvalue weighted by atomic mass is 28.3. The first-order valence-corrected chi connectivity index (χ1v) is 23.8. The average molecular weight is 819 g/mol. The van der Waals surface area contributed by atoms with E-state index in [9.17, 15) is 0 Å². The molecule has 10 aromatic carbocycles. The first-order chi connectivity index (χ1) is 31.3. The van der Waals surface area contributed by atoms with Gasteiger partial charge in [0, 0.05) is 27.2 Å². The van der Waals surface area contributed by atoms with Gasteiger partial charge in [0.05, 0.1) is 27.8 Å². The van der Waals surface area contributed by atoms with Crippen molar-refractivity contribution in [3.63, 3.8) is 0 Å². The summed E-state index contributed by atoms with van der Waals surface area (Å²) in [5.41, 5.74) is 11.9. The van der Waals surface area contributed by atoms with Gasteiger partial charge in [-0.05, 0) is 85.5 Å². The molecule has 3 heteroatoms. The lowest BCUT2D eigenvalue weighted by Crippen LogP contribution is -2.74. The third-order valence-corrected chi connectivity index (χ3v) is 17.9. The summed E-state index contributed by atoms with van der Waals surface area (Å²) < 4.78 is 5.01. The van der Waals surface area contributed by atoms with Crippen molar-refractivity contribution in [2.24, 2.45) is 0 Å². The predicted octanol–water partition coefficient (Wildman–Crippen LogP) is 12.6. The molecule has 0 saturated heterocycles. The minimum Gasteiger partial charge on any atom is -0.309 e. The molecule has 0 radical (unpaired) electrons. The molecule has 0 aliphatic rings. The van der Waals surface area contributed by atoms with Crippen molar-refractivity contribution in [1.29, 1.82) is 0 Å². The van der Waals surface area contributed by atoms with E-state index in [-0.39, 0.29) is 0 Å². The van der Waals surface area contributed by atoms with E-state index in [2.05, 4.69) is 264 Å². The van der Waals surface area contributed by atoms with E-state index >= 15 is 0 Å². The molecule has 0 aliphatic heterocycles. The number of aromatic nitrogens is 2. The summed E-state index contributed by atoms with van der Waals surface area (Å²) in [7, 11) is -2.89. The van der Waals surface area contributed by atoms with Crippen LogP contribution >= 0.6 is 0 Å². The molecular weight excluding hydrogens is 777 g/mol. The molecule has 0 spiro atoms. The monoisotopic (exact) mass is 818 g/mol. The minimum atomic E-state index is -2.89. The number of nitrogens with zero attached hydrogens (tertiary/aromatic N) is 2. The highest BCUT2D eigenvalue weighted by molar-refractivity contribution is 7.20. The van der Waals surface area contributed by atoms with Gasteiger partial charge in [-0.15, -0.1) is 0 Å². The van der Waals surface area contributed by atoms with Gasteiger partial charge in [-0.2, -0.15) is 0 Å². The number of para-hydroxylation sites is 2. The van der Waals surface area contributed by atoms with Crippen LogP contribution in [0.2, 0.25) is 0 Å². The minimum absolute atomic E-state index is 1.13. The quantitative estimate of drug-likeness (QED) is 0.107. The molecule has 12 rings (SSSR count). The molecule has 63 heavy (non-hydrogen) atoms. The molecule has 0 N–H and O–H groups in total. The second-order valence-corrected chi connectivity index (χ2v) is 20.2. The first kappa shape index (κ1) is 36.8. The van der Waals surface area contributed by atoms with Gasteiger partial charge in [-0.3, -0.25) is 0 Å². The van der Waals surface area contributed by atoms with Crippen LogP contribution in [0.5, 0.6) is 0 Å². The molecule has 2 heterocycles. The second-order valence-electron chi connectivity index (χ2n) is 16.4. The van der Waals surface area contributed by atoms with Crippen molar-refractivity contribution in [2.45, 2.75) is 0 Å². The Bertz CT molecular complexity index is 3500. The lowest BCUT2D eigenvalue weighted by atomic mass is 9.94. The van der Waals surface area contributed by atoms with Gasteiger partial charge in [-0.1, -0.05) is 212 Å². The Morgan fingerprint density at radius 3 is 1.29 bits per heavy atom. The average Bonchev–Trinajstić information content (AvgIpc) is 3.89. The fourth-order valence-electron chi connectivity index (χ4n) is 10.5. The zero-order chi connectivity index (χ0) is 41.7. The Balaban J connectivity index is 1.16. The van der Waals surface area contributed by atoms with E-state index in [1.165, 1.54) is 92.3 Å². The Morgan fingerprint density at radius 2 is 0.714 bits per heavy atom. The zero-order valence-electron chi connectivity index (χ0n) is 34.6. The summed E-state index contributed by atoms with van der Waals surface area (Å²) in [6.45, 7) is 0. The third kappa shape index (κ3) is 5.78.